The minimum Gasteiger partial charge on any atom is -0.487 e. The zero-order valence-corrected chi connectivity index (χ0v) is 16.4. The lowest BCUT2D eigenvalue weighted by Crippen LogP contribution is -2.46. The second-order valence-electron chi connectivity index (χ2n) is 7.78. The molecule has 3 aliphatic rings. The van der Waals surface area contributed by atoms with Gasteiger partial charge in [-0.25, -0.2) is 0 Å². The number of aliphatic carboxylic acids is 1. The van der Waals surface area contributed by atoms with Crippen molar-refractivity contribution in [3.63, 3.8) is 0 Å². The van der Waals surface area contributed by atoms with Crippen LogP contribution in [-0.4, -0.2) is 53.8 Å². The minimum absolute atomic E-state index is 0.132. The topological polar surface area (TPSA) is 124 Å². The van der Waals surface area contributed by atoms with E-state index in [1.54, 1.807) is 30.3 Å². The van der Waals surface area contributed by atoms with Crippen molar-refractivity contribution in [1.82, 2.24) is 0 Å². The summed E-state index contributed by atoms with van der Waals surface area (Å²) < 4.78 is 22.3. The maximum Gasteiger partial charge on any atom is 0.305 e. The number of carbonyl (C=O) groups excluding carboxylic acids is 1. The maximum absolute atomic E-state index is 12.7. The van der Waals surface area contributed by atoms with Crippen molar-refractivity contribution in [2.75, 3.05) is 18.7 Å². The smallest absolute Gasteiger partial charge is 0.305 e. The molecule has 1 amide bonds. The monoisotopic (exact) mass is 427 g/mol. The summed E-state index contributed by atoms with van der Waals surface area (Å²) in [6, 6.07) is 10.3. The Morgan fingerprint density at radius 2 is 1.87 bits per heavy atom. The van der Waals surface area contributed by atoms with E-state index in [4.69, 9.17) is 24.1 Å². The molecule has 0 bridgehead atoms. The Balaban J connectivity index is 1.36. The fourth-order valence-corrected chi connectivity index (χ4v) is 4.40. The van der Waals surface area contributed by atoms with Gasteiger partial charge in [0.1, 0.15) is 18.0 Å². The lowest BCUT2D eigenvalue weighted by molar-refractivity contribution is -0.153. The highest BCUT2D eigenvalue weighted by molar-refractivity contribution is 6.04. The zero-order valence-electron chi connectivity index (χ0n) is 16.4. The number of carboxylic acid groups (broad SMARTS) is 1. The number of rotatable bonds is 5. The number of anilines is 1. The van der Waals surface area contributed by atoms with Gasteiger partial charge in [-0.15, -0.1) is 0 Å². The van der Waals surface area contributed by atoms with Gasteiger partial charge in [-0.1, -0.05) is 0 Å². The van der Waals surface area contributed by atoms with Crippen LogP contribution in [0.3, 0.4) is 0 Å². The number of ether oxygens (including phenoxy) is 4. The van der Waals surface area contributed by atoms with Crippen molar-refractivity contribution in [1.29, 1.82) is 0 Å². The fraction of sp³-hybridized carbons (Fsp3) is 0.364. The van der Waals surface area contributed by atoms with Gasteiger partial charge in [0, 0.05) is 22.7 Å². The van der Waals surface area contributed by atoms with Crippen molar-refractivity contribution in [2.45, 2.75) is 37.1 Å². The van der Waals surface area contributed by atoms with Crippen LogP contribution in [-0.2, 0) is 9.53 Å². The van der Waals surface area contributed by atoms with Gasteiger partial charge in [0.2, 0.25) is 6.79 Å². The molecule has 31 heavy (non-hydrogen) atoms. The van der Waals surface area contributed by atoms with Gasteiger partial charge in [0.25, 0.3) is 5.91 Å². The van der Waals surface area contributed by atoms with Gasteiger partial charge >= 0.3 is 5.97 Å². The SMILES string of the molecule is O=C(O)C[C@H]1C[C@@H]2c3cc(NC(=O)c4ccc5c(c4)OCO5)ccc3O[C@@H]2[C@@H](CO)O1. The molecule has 4 atom stereocenters. The average molecular weight is 427 g/mol. The highest BCUT2D eigenvalue weighted by Gasteiger charge is 2.46. The first-order valence-corrected chi connectivity index (χ1v) is 10.0. The summed E-state index contributed by atoms with van der Waals surface area (Å²) in [5, 5.41) is 21.7. The van der Waals surface area contributed by atoms with Gasteiger partial charge in [0.15, 0.2) is 11.5 Å². The van der Waals surface area contributed by atoms with Crippen molar-refractivity contribution in [3.05, 3.63) is 47.5 Å². The molecule has 0 unspecified atom stereocenters. The normalized spacial score (nSPS) is 25.3. The molecule has 0 radical (unpaired) electrons. The predicted octanol–water partition coefficient (Wildman–Crippen LogP) is 2.14. The number of carbonyl (C=O) groups is 2. The third-order valence-electron chi connectivity index (χ3n) is 5.79. The number of carboxylic acids is 1. The molecule has 3 aliphatic heterocycles. The van der Waals surface area contributed by atoms with Crippen LogP contribution in [0.25, 0.3) is 0 Å². The highest BCUT2D eigenvalue weighted by atomic mass is 16.7. The van der Waals surface area contributed by atoms with E-state index < -0.39 is 24.3 Å². The number of nitrogens with one attached hydrogen (secondary N) is 1. The molecular formula is C22H21NO8. The Bertz CT molecular complexity index is 1040. The van der Waals surface area contributed by atoms with Gasteiger partial charge in [-0.3, -0.25) is 9.59 Å². The second-order valence-corrected chi connectivity index (χ2v) is 7.78. The number of hydrogen-bond donors (Lipinski definition) is 3. The first-order chi connectivity index (χ1) is 15.0. The Kier molecular flexibility index (Phi) is 4.91. The van der Waals surface area contributed by atoms with E-state index in [2.05, 4.69) is 5.32 Å². The molecule has 0 saturated carbocycles. The summed E-state index contributed by atoms with van der Waals surface area (Å²) in [4.78, 5) is 23.9. The molecule has 1 saturated heterocycles. The molecule has 2 aromatic rings. The van der Waals surface area contributed by atoms with E-state index >= 15 is 0 Å². The fourth-order valence-electron chi connectivity index (χ4n) is 4.40. The van der Waals surface area contributed by atoms with E-state index in [1.807, 2.05) is 6.07 Å². The van der Waals surface area contributed by atoms with E-state index in [-0.39, 0.29) is 31.6 Å². The molecule has 2 aromatic carbocycles. The van der Waals surface area contributed by atoms with Crippen LogP contribution in [0.2, 0.25) is 0 Å². The van der Waals surface area contributed by atoms with Crippen molar-refractivity contribution >= 4 is 17.6 Å². The molecule has 9 nitrogen and oxygen atoms in total. The Morgan fingerprint density at radius 3 is 2.68 bits per heavy atom. The summed E-state index contributed by atoms with van der Waals surface area (Å²) in [6.07, 6.45) is -1.21. The molecular weight excluding hydrogens is 406 g/mol. The van der Waals surface area contributed by atoms with E-state index in [0.717, 1.165) is 5.56 Å². The molecule has 0 spiro atoms. The van der Waals surface area contributed by atoms with Crippen LogP contribution >= 0.6 is 0 Å². The Morgan fingerprint density at radius 1 is 1.06 bits per heavy atom. The second kappa shape index (κ2) is 7.75. The maximum atomic E-state index is 12.7. The molecule has 9 heteroatoms. The quantitative estimate of drug-likeness (QED) is 0.663. The van der Waals surface area contributed by atoms with Gasteiger partial charge in [-0.05, 0) is 42.8 Å². The minimum atomic E-state index is -0.955. The number of amides is 1. The van der Waals surface area contributed by atoms with Crippen LogP contribution in [0.1, 0.15) is 34.7 Å². The molecule has 0 aromatic heterocycles. The Labute approximate surface area is 177 Å². The van der Waals surface area contributed by atoms with Gasteiger partial charge < -0.3 is 34.5 Å². The molecule has 3 N–H and O–H groups in total. The number of benzene rings is 2. The Hall–Kier alpha value is -3.30. The van der Waals surface area contributed by atoms with Crippen LogP contribution < -0.4 is 19.5 Å². The molecule has 5 rings (SSSR count). The largest absolute Gasteiger partial charge is 0.487 e. The summed E-state index contributed by atoms with van der Waals surface area (Å²) in [5.41, 5.74) is 1.89. The van der Waals surface area contributed by atoms with E-state index in [0.29, 0.717) is 34.9 Å². The number of aliphatic hydroxyl groups is 1. The van der Waals surface area contributed by atoms with Crippen LogP contribution in [0.5, 0.6) is 17.2 Å². The molecule has 1 fully saturated rings. The lowest BCUT2D eigenvalue weighted by atomic mass is 9.84. The molecule has 0 aliphatic carbocycles. The zero-order chi connectivity index (χ0) is 21.5. The number of aliphatic hydroxyl groups excluding tert-OH is 1. The summed E-state index contributed by atoms with van der Waals surface area (Å²) in [5.74, 6) is 0.397. The first-order valence-electron chi connectivity index (χ1n) is 10.0. The standard InChI is InChI=1S/C22H21NO8/c24-9-19-21-15(7-13(30-19)8-20(25)26)14-6-12(2-4-16(14)31-21)23-22(27)11-1-3-17-18(5-11)29-10-28-17/h1-6,13,15,19,21,24H,7-10H2,(H,23,27)(H,25,26)/t13-,15-,19-,21+/m1/s1. The number of hydrogen-bond acceptors (Lipinski definition) is 7. The van der Waals surface area contributed by atoms with Gasteiger partial charge in [0.05, 0.1) is 19.1 Å². The van der Waals surface area contributed by atoms with Crippen molar-refractivity contribution in [3.8, 4) is 17.2 Å². The predicted molar refractivity (Wildman–Crippen MR) is 107 cm³/mol. The van der Waals surface area contributed by atoms with Crippen LogP contribution in [0.15, 0.2) is 36.4 Å². The molecule has 3 heterocycles. The van der Waals surface area contributed by atoms with E-state index in [9.17, 15) is 14.7 Å². The van der Waals surface area contributed by atoms with Crippen molar-refractivity contribution in [2.24, 2.45) is 0 Å². The van der Waals surface area contributed by atoms with Crippen molar-refractivity contribution < 1.29 is 38.7 Å². The first kappa shape index (κ1) is 19.7. The molecule has 162 valence electrons. The summed E-state index contributed by atoms with van der Waals surface area (Å²) >= 11 is 0. The third kappa shape index (κ3) is 3.66. The summed E-state index contributed by atoms with van der Waals surface area (Å²) in [6.45, 7) is -0.131. The summed E-state index contributed by atoms with van der Waals surface area (Å²) in [7, 11) is 0. The third-order valence-corrected chi connectivity index (χ3v) is 5.79. The number of fused-ring (bicyclic) bond motifs is 4. The van der Waals surface area contributed by atoms with E-state index in [1.165, 1.54) is 0 Å². The lowest BCUT2D eigenvalue weighted by Gasteiger charge is -2.36. The van der Waals surface area contributed by atoms with Crippen LogP contribution in [0, 0.1) is 0 Å². The highest BCUT2D eigenvalue weighted by Crippen LogP contribution is 2.47. The van der Waals surface area contributed by atoms with Crippen LogP contribution in [0.4, 0.5) is 5.69 Å². The average Bonchev–Trinajstić information content (AvgIpc) is 3.36. The van der Waals surface area contributed by atoms with Gasteiger partial charge in [-0.2, -0.15) is 0 Å².